The number of likely N-dealkylation sites (tertiary alicyclic amines) is 1. The number of hydrogen-bond donors (Lipinski definition) is 1. The van der Waals surface area contributed by atoms with Crippen molar-refractivity contribution in [1.82, 2.24) is 15.1 Å². The van der Waals surface area contributed by atoms with Crippen molar-refractivity contribution in [1.29, 1.82) is 0 Å². The molecule has 0 aliphatic carbocycles. The summed E-state index contributed by atoms with van der Waals surface area (Å²) < 4.78 is 6.46. The minimum atomic E-state index is -0.189. The van der Waals surface area contributed by atoms with Gasteiger partial charge in [0.05, 0.1) is 4.91 Å². The topological polar surface area (TPSA) is 61.9 Å². The van der Waals surface area contributed by atoms with Crippen LogP contribution in [0.3, 0.4) is 0 Å². The highest BCUT2D eigenvalue weighted by Crippen LogP contribution is 2.31. The minimum absolute atomic E-state index is 0.0426. The molecule has 29 heavy (non-hydrogen) atoms. The molecule has 1 aromatic rings. The molecular weight excluding hydrogens is 406 g/mol. The van der Waals surface area contributed by atoms with Crippen LogP contribution in [0.5, 0.6) is 0 Å². The normalized spacial score (nSPS) is 25.9. The predicted octanol–water partition coefficient (Wildman–Crippen LogP) is 2.62. The molecule has 4 rings (SSSR count). The molecule has 3 aliphatic rings. The van der Waals surface area contributed by atoms with Crippen LogP contribution >= 0.6 is 24.0 Å². The molecule has 1 aromatic carbocycles. The Balaban J connectivity index is 1.38. The molecule has 2 fully saturated rings. The third-order valence-corrected chi connectivity index (χ3v) is 6.63. The van der Waals surface area contributed by atoms with Gasteiger partial charge in [0, 0.05) is 37.2 Å². The first-order valence-electron chi connectivity index (χ1n) is 9.58. The van der Waals surface area contributed by atoms with Crippen LogP contribution in [0.4, 0.5) is 0 Å². The summed E-state index contributed by atoms with van der Waals surface area (Å²) in [5.74, 6) is 0.640. The highest BCUT2D eigenvalue weighted by molar-refractivity contribution is 8.26. The quantitative estimate of drug-likeness (QED) is 0.587. The van der Waals surface area contributed by atoms with Crippen LogP contribution in [-0.4, -0.2) is 65.3 Å². The molecule has 0 saturated carbocycles. The van der Waals surface area contributed by atoms with Crippen molar-refractivity contribution in [2.75, 3.05) is 27.2 Å². The van der Waals surface area contributed by atoms with Crippen LogP contribution in [0, 0.1) is 0 Å². The van der Waals surface area contributed by atoms with Crippen molar-refractivity contribution in [2.45, 2.75) is 25.0 Å². The second kappa shape index (κ2) is 8.30. The van der Waals surface area contributed by atoms with Crippen LogP contribution < -0.4 is 5.32 Å². The highest BCUT2D eigenvalue weighted by Gasteiger charge is 2.28. The van der Waals surface area contributed by atoms with Crippen molar-refractivity contribution < 1.29 is 14.3 Å². The summed E-state index contributed by atoms with van der Waals surface area (Å²) in [6, 6.07) is 7.79. The molecule has 2 atom stereocenters. The molecule has 8 heteroatoms. The van der Waals surface area contributed by atoms with E-state index in [1.54, 1.807) is 0 Å². The minimum Gasteiger partial charge on any atom is -0.486 e. The third-order valence-electron chi connectivity index (χ3n) is 5.44. The summed E-state index contributed by atoms with van der Waals surface area (Å²) in [6.45, 7) is 1.94. The van der Waals surface area contributed by atoms with Gasteiger partial charge in [-0.2, -0.15) is 0 Å². The second-order valence-electron chi connectivity index (χ2n) is 7.53. The Morgan fingerprint density at radius 1 is 1.38 bits per heavy atom. The van der Waals surface area contributed by atoms with Gasteiger partial charge in [-0.3, -0.25) is 9.59 Å². The van der Waals surface area contributed by atoms with Crippen molar-refractivity contribution in [3.8, 4) is 0 Å². The first kappa shape index (κ1) is 20.1. The molecule has 0 aromatic heterocycles. The van der Waals surface area contributed by atoms with Gasteiger partial charge in [0.2, 0.25) is 0 Å². The lowest BCUT2D eigenvalue weighted by atomic mass is 10.1. The maximum atomic E-state index is 12.8. The maximum absolute atomic E-state index is 12.8. The Labute approximate surface area is 179 Å². The van der Waals surface area contributed by atoms with Crippen LogP contribution in [0.2, 0.25) is 0 Å². The zero-order valence-corrected chi connectivity index (χ0v) is 18.0. The molecule has 3 aliphatic heterocycles. The number of thioether (sulfide) groups is 1. The molecule has 2 unspecified atom stereocenters. The largest absolute Gasteiger partial charge is 0.486 e. The van der Waals surface area contributed by atoms with E-state index in [4.69, 9.17) is 17.0 Å². The zero-order chi connectivity index (χ0) is 20.5. The van der Waals surface area contributed by atoms with Gasteiger partial charge in [-0.05, 0) is 44.3 Å². The Morgan fingerprint density at radius 3 is 2.76 bits per heavy atom. The number of likely N-dealkylation sites (N-methyl/N-ethyl adjacent to an activating group) is 2. The van der Waals surface area contributed by atoms with Crippen molar-refractivity contribution >= 4 is 45.9 Å². The van der Waals surface area contributed by atoms with E-state index in [2.05, 4.69) is 17.3 Å². The molecule has 152 valence electrons. The third kappa shape index (κ3) is 4.39. The fourth-order valence-corrected chi connectivity index (χ4v) is 4.82. The summed E-state index contributed by atoms with van der Waals surface area (Å²) in [6.07, 6.45) is 5.34. The monoisotopic (exact) mass is 429 g/mol. The molecular formula is C21H23N3O3S2. The van der Waals surface area contributed by atoms with E-state index in [-0.39, 0.29) is 24.0 Å². The fourth-order valence-electron chi connectivity index (χ4n) is 3.75. The number of amides is 2. The lowest BCUT2D eigenvalue weighted by Gasteiger charge is -2.24. The first-order chi connectivity index (χ1) is 13.9. The summed E-state index contributed by atoms with van der Waals surface area (Å²) >= 11 is 6.27. The second-order valence-corrected chi connectivity index (χ2v) is 9.25. The smallest absolute Gasteiger partial charge is 0.263 e. The van der Waals surface area contributed by atoms with Crippen LogP contribution in [0.1, 0.15) is 28.8 Å². The van der Waals surface area contributed by atoms with E-state index in [9.17, 15) is 9.59 Å². The lowest BCUT2D eigenvalue weighted by molar-refractivity contribution is -0.115. The Bertz CT molecular complexity index is 910. The Morgan fingerprint density at radius 2 is 2.14 bits per heavy atom. The van der Waals surface area contributed by atoms with Gasteiger partial charge in [-0.25, -0.2) is 0 Å². The molecule has 2 amide bonds. The van der Waals surface area contributed by atoms with Gasteiger partial charge in [-0.15, -0.1) is 0 Å². The van der Waals surface area contributed by atoms with E-state index in [0.29, 0.717) is 21.2 Å². The van der Waals surface area contributed by atoms with Crippen LogP contribution in [0.15, 0.2) is 41.3 Å². The van der Waals surface area contributed by atoms with Crippen molar-refractivity contribution in [3.05, 3.63) is 52.4 Å². The van der Waals surface area contributed by atoms with E-state index in [1.165, 1.54) is 11.8 Å². The van der Waals surface area contributed by atoms with E-state index < -0.39 is 0 Å². The number of carbonyl (C=O) groups excluding carboxylic acids is 2. The molecule has 2 saturated heterocycles. The fraction of sp³-hybridized carbons (Fsp3) is 0.381. The van der Waals surface area contributed by atoms with Gasteiger partial charge in [0.1, 0.15) is 16.2 Å². The molecule has 3 heterocycles. The first-order valence-corrected chi connectivity index (χ1v) is 10.8. The van der Waals surface area contributed by atoms with E-state index >= 15 is 0 Å². The standard InChI is InChI=1S/C21H23N3O3S2/c1-23-10-9-15(12-23)24(2)20(26)14-5-3-13(4-6-14)17-8-7-16(27-17)11-18-19(25)22-21(28)29-18/h3-6,8,11,15-16H,7,9-10,12H2,1-2H3,(H,22,25,28)/b18-11-. The molecule has 6 nitrogen and oxygen atoms in total. The number of thiocarbonyl (C=S) groups is 1. The Kier molecular flexibility index (Phi) is 5.76. The number of nitrogens with one attached hydrogen (secondary N) is 1. The molecule has 0 bridgehead atoms. The summed E-state index contributed by atoms with van der Waals surface area (Å²) in [7, 11) is 3.96. The van der Waals surface area contributed by atoms with Gasteiger partial charge in [0.25, 0.3) is 11.8 Å². The van der Waals surface area contributed by atoms with Crippen LogP contribution in [-0.2, 0) is 9.53 Å². The number of hydrogen-bond acceptors (Lipinski definition) is 6. The number of rotatable bonds is 4. The van der Waals surface area contributed by atoms with Gasteiger partial charge in [-0.1, -0.05) is 36.1 Å². The van der Waals surface area contributed by atoms with Gasteiger partial charge < -0.3 is 19.9 Å². The number of benzene rings is 1. The lowest BCUT2D eigenvalue weighted by Crippen LogP contribution is -2.38. The molecule has 1 N–H and O–H groups in total. The molecule has 0 radical (unpaired) electrons. The van der Waals surface area contributed by atoms with Crippen molar-refractivity contribution in [3.63, 3.8) is 0 Å². The summed E-state index contributed by atoms with van der Waals surface area (Å²) in [5.41, 5.74) is 1.60. The van der Waals surface area contributed by atoms with E-state index in [1.807, 2.05) is 48.4 Å². The van der Waals surface area contributed by atoms with Gasteiger partial charge >= 0.3 is 0 Å². The van der Waals surface area contributed by atoms with E-state index in [0.717, 1.165) is 30.8 Å². The average Bonchev–Trinajstić information content (AvgIpc) is 3.42. The number of nitrogens with zero attached hydrogens (tertiary/aromatic N) is 2. The molecule has 0 spiro atoms. The number of carbonyl (C=O) groups is 2. The predicted molar refractivity (Wildman–Crippen MR) is 118 cm³/mol. The maximum Gasteiger partial charge on any atom is 0.263 e. The van der Waals surface area contributed by atoms with Gasteiger partial charge in [0.15, 0.2) is 0 Å². The zero-order valence-electron chi connectivity index (χ0n) is 16.4. The SMILES string of the molecule is CN1CCC(N(C)C(=O)c2ccc(C3=CCC(/C=C4\SC(=S)NC4=O)O3)cc2)C1. The summed E-state index contributed by atoms with van der Waals surface area (Å²) in [4.78, 5) is 29.2. The highest BCUT2D eigenvalue weighted by atomic mass is 32.2. The van der Waals surface area contributed by atoms with Crippen LogP contribution in [0.25, 0.3) is 5.76 Å². The average molecular weight is 430 g/mol. The Hall–Kier alpha value is -2.16. The van der Waals surface area contributed by atoms with Crippen molar-refractivity contribution in [2.24, 2.45) is 0 Å². The number of ether oxygens (including phenoxy) is 1. The summed E-state index contributed by atoms with van der Waals surface area (Å²) in [5, 5.41) is 2.61.